The number of anilines is 1. The van der Waals surface area contributed by atoms with E-state index in [1.165, 1.54) is 0 Å². The second kappa shape index (κ2) is 10.6. The Morgan fingerprint density at radius 3 is 2.20 bits per heavy atom. The van der Waals surface area contributed by atoms with Crippen LogP contribution in [-0.4, -0.2) is 37.9 Å². The molecule has 7 nitrogen and oxygen atoms in total. The normalized spacial score (nSPS) is 11.5. The smallest absolute Gasteiger partial charge is 0.269 e. The molecule has 0 aromatic heterocycles. The van der Waals surface area contributed by atoms with Gasteiger partial charge in [-0.1, -0.05) is 31.5 Å². The molecule has 0 saturated carbocycles. The molecule has 2 rings (SSSR count). The van der Waals surface area contributed by atoms with Gasteiger partial charge >= 0.3 is 0 Å². The van der Waals surface area contributed by atoms with Crippen LogP contribution in [0.15, 0.2) is 48.5 Å². The molecule has 0 bridgehead atoms. The van der Waals surface area contributed by atoms with Crippen molar-refractivity contribution in [3.63, 3.8) is 0 Å². The fraction of sp³-hybridized carbons (Fsp3) is 0.318. The molecular formula is C22H27ClN4O3. The van der Waals surface area contributed by atoms with E-state index in [4.69, 9.17) is 11.6 Å². The molecule has 0 saturated heterocycles. The highest BCUT2D eigenvalue weighted by Crippen LogP contribution is 2.13. The van der Waals surface area contributed by atoms with Gasteiger partial charge < -0.3 is 10.2 Å². The fourth-order valence-electron chi connectivity index (χ4n) is 2.75. The summed E-state index contributed by atoms with van der Waals surface area (Å²) in [5.41, 5.74) is 6.49. The van der Waals surface area contributed by atoms with Crippen molar-refractivity contribution in [1.82, 2.24) is 16.2 Å². The molecule has 2 aromatic carbocycles. The molecule has 3 amide bonds. The average Bonchev–Trinajstić information content (AvgIpc) is 2.71. The first-order valence-corrected chi connectivity index (χ1v) is 9.99. The molecule has 160 valence electrons. The van der Waals surface area contributed by atoms with E-state index in [0.717, 1.165) is 5.69 Å². The third kappa shape index (κ3) is 6.77. The van der Waals surface area contributed by atoms with Gasteiger partial charge in [-0.25, -0.2) is 0 Å². The molecule has 0 aliphatic rings. The number of hydrogen-bond acceptors (Lipinski definition) is 4. The Balaban J connectivity index is 2.02. The average molecular weight is 431 g/mol. The SMILES string of the molecule is CC(C)CC(NC(=O)c1ccc(Cl)cc1)C(=O)NNC(=O)c1cccc(N(C)C)c1. The third-order valence-electron chi connectivity index (χ3n) is 4.36. The van der Waals surface area contributed by atoms with Crippen molar-refractivity contribution >= 4 is 35.0 Å². The van der Waals surface area contributed by atoms with E-state index < -0.39 is 23.8 Å². The van der Waals surface area contributed by atoms with Crippen LogP contribution in [0.1, 0.15) is 41.0 Å². The van der Waals surface area contributed by atoms with E-state index in [1.807, 2.05) is 38.9 Å². The molecule has 0 aliphatic heterocycles. The number of rotatable bonds is 7. The highest BCUT2D eigenvalue weighted by Gasteiger charge is 2.23. The quantitative estimate of drug-likeness (QED) is 0.589. The van der Waals surface area contributed by atoms with Gasteiger partial charge in [0.05, 0.1) is 0 Å². The van der Waals surface area contributed by atoms with E-state index in [-0.39, 0.29) is 5.92 Å². The van der Waals surface area contributed by atoms with Gasteiger partial charge in [-0.05, 0) is 54.8 Å². The predicted octanol–water partition coefficient (Wildman–Crippen LogP) is 3.01. The topological polar surface area (TPSA) is 90.5 Å². The number of halogens is 1. The number of carbonyl (C=O) groups is 3. The number of carbonyl (C=O) groups excluding carboxylic acids is 3. The van der Waals surface area contributed by atoms with Crippen molar-refractivity contribution in [2.45, 2.75) is 26.3 Å². The van der Waals surface area contributed by atoms with Gasteiger partial charge in [0.1, 0.15) is 6.04 Å². The maximum atomic E-state index is 12.6. The minimum Gasteiger partial charge on any atom is -0.378 e. The molecule has 1 atom stereocenters. The van der Waals surface area contributed by atoms with E-state index in [2.05, 4.69) is 16.2 Å². The molecule has 0 radical (unpaired) electrons. The first kappa shape index (κ1) is 23.2. The van der Waals surface area contributed by atoms with Crippen molar-refractivity contribution in [3.8, 4) is 0 Å². The molecule has 0 aliphatic carbocycles. The van der Waals surface area contributed by atoms with Crippen molar-refractivity contribution in [3.05, 3.63) is 64.7 Å². The summed E-state index contributed by atoms with van der Waals surface area (Å²) in [7, 11) is 3.75. The minimum atomic E-state index is -0.804. The Bertz CT molecular complexity index is 898. The van der Waals surface area contributed by atoms with Crippen LogP contribution in [0.5, 0.6) is 0 Å². The lowest BCUT2D eigenvalue weighted by Crippen LogP contribution is -2.52. The second-order valence-corrected chi connectivity index (χ2v) is 7.99. The van der Waals surface area contributed by atoms with Gasteiger partial charge in [0.15, 0.2) is 0 Å². The molecule has 0 spiro atoms. The van der Waals surface area contributed by atoms with Crippen LogP contribution in [0.2, 0.25) is 5.02 Å². The van der Waals surface area contributed by atoms with Crippen LogP contribution in [0.4, 0.5) is 5.69 Å². The Morgan fingerprint density at radius 1 is 0.933 bits per heavy atom. The highest BCUT2D eigenvalue weighted by atomic mass is 35.5. The van der Waals surface area contributed by atoms with Gasteiger partial charge in [0.25, 0.3) is 17.7 Å². The van der Waals surface area contributed by atoms with Gasteiger partial charge in [-0.2, -0.15) is 0 Å². The summed E-state index contributed by atoms with van der Waals surface area (Å²) in [6.45, 7) is 3.89. The molecule has 0 fully saturated rings. The lowest BCUT2D eigenvalue weighted by atomic mass is 10.0. The van der Waals surface area contributed by atoms with Crippen LogP contribution < -0.4 is 21.1 Å². The standard InChI is InChI=1S/C22H27ClN4O3/c1-14(2)12-19(24-20(28)15-8-10-17(23)11-9-15)22(30)26-25-21(29)16-6-5-7-18(13-16)27(3)4/h5-11,13-14,19H,12H2,1-4H3,(H,24,28)(H,25,29)(H,26,30). The fourth-order valence-corrected chi connectivity index (χ4v) is 2.87. The summed E-state index contributed by atoms with van der Waals surface area (Å²) in [4.78, 5) is 39.4. The number of nitrogens with zero attached hydrogens (tertiary/aromatic N) is 1. The van der Waals surface area contributed by atoms with Crippen LogP contribution in [-0.2, 0) is 4.79 Å². The zero-order valence-electron chi connectivity index (χ0n) is 17.5. The molecule has 3 N–H and O–H groups in total. The maximum Gasteiger partial charge on any atom is 0.269 e. The monoisotopic (exact) mass is 430 g/mol. The molecule has 2 aromatic rings. The Labute approximate surface area is 181 Å². The second-order valence-electron chi connectivity index (χ2n) is 7.55. The molecule has 0 heterocycles. The number of hydrogen-bond donors (Lipinski definition) is 3. The number of hydrazine groups is 1. The van der Waals surface area contributed by atoms with Crippen molar-refractivity contribution < 1.29 is 14.4 Å². The number of nitrogens with one attached hydrogen (secondary N) is 3. The van der Waals surface area contributed by atoms with Crippen LogP contribution in [0.25, 0.3) is 0 Å². The van der Waals surface area contributed by atoms with Crippen LogP contribution in [0.3, 0.4) is 0 Å². The zero-order valence-corrected chi connectivity index (χ0v) is 18.3. The van der Waals surface area contributed by atoms with Crippen LogP contribution in [0, 0.1) is 5.92 Å². The lowest BCUT2D eigenvalue weighted by Gasteiger charge is -2.20. The van der Waals surface area contributed by atoms with Gasteiger partial charge in [0, 0.05) is 35.9 Å². The first-order chi connectivity index (χ1) is 14.2. The lowest BCUT2D eigenvalue weighted by molar-refractivity contribution is -0.124. The van der Waals surface area contributed by atoms with E-state index in [1.54, 1.807) is 42.5 Å². The summed E-state index contributed by atoms with van der Waals surface area (Å²) in [5, 5.41) is 3.24. The third-order valence-corrected chi connectivity index (χ3v) is 4.61. The highest BCUT2D eigenvalue weighted by molar-refractivity contribution is 6.30. The molecule has 8 heteroatoms. The number of amides is 3. The van der Waals surface area contributed by atoms with Gasteiger partial charge in [0.2, 0.25) is 0 Å². The van der Waals surface area contributed by atoms with Crippen molar-refractivity contribution in [2.75, 3.05) is 19.0 Å². The summed E-state index contributed by atoms with van der Waals surface area (Å²) in [6, 6.07) is 12.6. The summed E-state index contributed by atoms with van der Waals surface area (Å²) < 4.78 is 0. The predicted molar refractivity (Wildman–Crippen MR) is 119 cm³/mol. The molecule has 30 heavy (non-hydrogen) atoms. The van der Waals surface area contributed by atoms with E-state index >= 15 is 0 Å². The van der Waals surface area contributed by atoms with E-state index in [9.17, 15) is 14.4 Å². The Kier molecular flexibility index (Phi) is 8.24. The number of benzene rings is 2. The van der Waals surface area contributed by atoms with Crippen molar-refractivity contribution in [2.24, 2.45) is 5.92 Å². The maximum absolute atomic E-state index is 12.6. The summed E-state index contributed by atoms with van der Waals surface area (Å²) in [6.07, 6.45) is 0.414. The zero-order chi connectivity index (χ0) is 22.3. The van der Waals surface area contributed by atoms with Crippen LogP contribution >= 0.6 is 11.6 Å². The van der Waals surface area contributed by atoms with Gasteiger partial charge in [-0.15, -0.1) is 0 Å². The Hall–Kier alpha value is -3.06. The Morgan fingerprint density at radius 2 is 1.60 bits per heavy atom. The largest absolute Gasteiger partial charge is 0.378 e. The molecular weight excluding hydrogens is 404 g/mol. The molecule has 1 unspecified atom stereocenters. The van der Waals surface area contributed by atoms with Crippen molar-refractivity contribution in [1.29, 1.82) is 0 Å². The first-order valence-electron chi connectivity index (χ1n) is 9.61. The summed E-state index contributed by atoms with van der Waals surface area (Å²) in [5.74, 6) is -1.18. The summed E-state index contributed by atoms with van der Waals surface area (Å²) >= 11 is 5.85. The van der Waals surface area contributed by atoms with Gasteiger partial charge in [-0.3, -0.25) is 25.2 Å². The van der Waals surface area contributed by atoms with E-state index in [0.29, 0.717) is 22.6 Å². The minimum absolute atomic E-state index is 0.152.